The van der Waals surface area contributed by atoms with Crippen LogP contribution in [-0.2, 0) is 22.2 Å². The predicted octanol–water partition coefficient (Wildman–Crippen LogP) is 5.20. The Balaban J connectivity index is 1.60. The molecule has 1 aliphatic rings. The van der Waals surface area contributed by atoms with Gasteiger partial charge in [0.1, 0.15) is 11.9 Å². The lowest BCUT2D eigenvalue weighted by Gasteiger charge is -2.23. The lowest BCUT2D eigenvalue weighted by Crippen LogP contribution is -2.34. The van der Waals surface area contributed by atoms with E-state index >= 15 is 0 Å². The molecule has 3 aromatic carbocycles. The third kappa shape index (κ3) is 6.07. The van der Waals surface area contributed by atoms with Crippen LogP contribution in [0.2, 0.25) is 0 Å². The fourth-order valence-electron chi connectivity index (χ4n) is 3.94. The summed E-state index contributed by atoms with van der Waals surface area (Å²) >= 11 is 0. The highest BCUT2D eigenvalue weighted by molar-refractivity contribution is 6.03. The minimum atomic E-state index is -4.45. The van der Waals surface area contributed by atoms with Crippen LogP contribution in [-0.4, -0.2) is 30.1 Å². The number of carbonyl (C=O) groups is 2. The van der Waals surface area contributed by atoms with E-state index in [1.165, 1.54) is 31.4 Å². The zero-order valence-corrected chi connectivity index (χ0v) is 19.7. The molecule has 0 aliphatic carbocycles. The number of hydrogen-bond donors (Lipinski definition) is 3. The topological polar surface area (TPSA) is 87.7 Å². The first-order valence-electron chi connectivity index (χ1n) is 11.3. The van der Waals surface area contributed by atoms with Crippen molar-refractivity contribution in [3.8, 4) is 5.75 Å². The highest BCUT2D eigenvalue weighted by Crippen LogP contribution is 2.32. The number of fused-ring (bicyclic) bond motifs is 1. The third-order valence-electron chi connectivity index (χ3n) is 5.81. The van der Waals surface area contributed by atoms with E-state index < -0.39 is 29.7 Å². The van der Waals surface area contributed by atoms with Crippen LogP contribution in [0.5, 0.6) is 5.75 Å². The van der Waals surface area contributed by atoms with E-state index in [2.05, 4.69) is 10.6 Å². The smallest absolute Gasteiger partial charge is 0.416 e. The molecule has 0 spiro atoms. The van der Waals surface area contributed by atoms with Crippen LogP contribution < -0.4 is 15.4 Å². The molecule has 1 unspecified atom stereocenters. The maximum Gasteiger partial charge on any atom is 0.416 e. The summed E-state index contributed by atoms with van der Waals surface area (Å²) in [6.07, 6.45) is -1.20. The van der Waals surface area contributed by atoms with Crippen molar-refractivity contribution >= 4 is 28.8 Å². The normalized spacial score (nSPS) is 15.8. The molecule has 0 radical (unpaired) electrons. The summed E-state index contributed by atoms with van der Waals surface area (Å²) in [6.45, 7) is 0. The van der Waals surface area contributed by atoms with E-state index in [4.69, 9.17) is 4.74 Å². The summed E-state index contributed by atoms with van der Waals surface area (Å²) in [4.78, 5) is 24.3. The summed E-state index contributed by atoms with van der Waals surface area (Å²) in [5, 5.41) is 15.2. The number of aliphatic hydroxyl groups is 1. The lowest BCUT2D eigenvalue weighted by molar-refractivity contribution is -0.137. The number of alkyl halides is 3. The van der Waals surface area contributed by atoms with Gasteiger partial charge in [0, 0.05) is 29.4 Å². The van der Waals surface area contributed by atoms with Crippen LogP contribution >= 0.6 is 0 Å². The quantitative estimate of drug-likeness (QED) is 0.316. The van der Waals surface area contributed by atoms with Gasteiger partial charge in [0.05, 0.1) is 12.7 Å². The van der Waals surface area contributed by atoms with Gasteiger partial charge in [-0.2, -0.15) is 13.2 Å². The molecule has 0 bridgehead atoms. The maximum absolute atomic E-state index is 13.0. The molecule has 0 aromatic heterocycles. The molecular weight excluding hydrogens is 485 g/mol. The van der Waals surface area contributed by atoms with Crippen LogP contribution in [0.3, 0.4) is 0 Å². The van der Waals surface area contributed by atoms with E-state index in [0.717, 1.165) is 12.1 Å². The van der Waals surface area contributed by atoms with E-state index in [1.807, 2.05) is 0 Å². The number of anilines is 2. The lowest BCUT2D eigenvalue weighted by atomic mass is 9.96. The Morgan fingerprint density at radius 1 is 1.08 bits per heavy atom. The van der Waals surface area contributed by atoms with E-state index in [-0.39, 0.29) is 6.42 Å². The van der Waals surface area contributed by atoms with Gasteiger partial charge in [-0.25, -0.2) is 0 Å². The second kappa shape index (κ2) is 10.7. The minimum Gasteiger partial charge on any atom is -0.497 e. The number of rotatable bonds is 6. The Morgan fingerprint density at radius 2 is 1.81 bits per heavy atom. The van der Waals surface area contributed by atoms with E-state index in [9.17, 15) is 27.9 Å². The monoisotopic (exact) mass is 508 g/mol. The number of methoxy groups -OCH3 is 1. The predicted molar refractivity (Wildman–Crippen MR) is 134 cm³/mol. The van der Waals surface area contributed by atoms with Crippen LogP contribution in [0.1, 0.15) is 22.3 Å². The van der Waals surface area contributed by atoms with Crippen LogP contribution in [0.4, 0.5) is 24.5 Å². The van der Waals surface area contributed by atoms with Gasteiger partial charge in [0.25, 0.3) is 5.91 Å². The third-order valence-corrected chi connectivity index (χ3v) is 5.81. The SMILES string of the molecule is COc1cccc(C(=CC=CC(=O)Nc2cccc3c2CC(O)C(=O)N3)c2ccc(C(F)(F)F)cc2)c1. The van der Waals surface area contributed by atoms with Crippen molar-refractivity contribution in [1.82, 2.24) is 0 Å². The molecular formula is C28H23F3N2O4. The van der Waals surface area contributed by atoms with Crippen molar-refractivity contribution in [2.75, 3.05) is 17.7 Å². The average Bonchev–Trinajstić information content (AvgIpc) is 2.87. The number of allylic oxidation sites excluding steroid dienone is 2. The number of ether oxygens (including phenoxy) is 1. The summed E-state index contributed by atoms with van der Waals surface area (Å²) in [7, 11) is 1.51. The first kappa shape index (κ1) is 25.7. The van der Waals surface area contributed by atoms with Gasteiger partial charge in [-0.05, 0) is 53.1 Å². The minimum absolute atomic E-state index is 0.0646. The second-order valence-electron chi connectivity index (χ2n) is 8.28. The molecule has 0 saturated heterocycles. The molecule has 37 heavy (non-hydrogen) atoms. The van der Waals surface area contributed by atoms with E-state index in [1.54, 1.807) is 48.5 Å². The summed E-state index contributed by atoms with van der Waals surface area (Å²) in [6, 6.07) is 16.8. The Bertz CT molecular complexity index is 1380. The maximum atomic E-state index is 13.0. The molecule has 2 amide bonds. The molecule has 9 heteroatoms. The molecule has 3 aromatic rings. The number of nitrogens with one attached hydrogen (secondary N) is 2. The van der Waals surface area contributed by atoms with Crippen LogP contribution in [0.15, 0.2) is 85.0 Å². The molecule has 1 atom stereocenters. The molecule has 4 rings (SSSR count). The van der Waals surface area contributed by atoms with Crippen molar-refractivity contribution in [3.05, 3.63) is 107 Å². The first-order valence-corrected chi connectivity index (χ1v) is 11.3. The fourth-order valence-corrected chi connectivity index (χ4v) is 3.94. The molecule has 0 fully saturated rings. The fraction of sp³-hybridized carbons (Fsp3) is 0.143. The van der Waals surface area contributed by atoms with Gasteiger partial charge in [0.2, 0.25) is 5.91 Å². The Labute approximate surface area is 211 Å². The number of amides is 2. The number of hydrogen-bond acceptors (Lipinski definition) is 4. The van der Waals surface area contributed by atoms with E-state index in [0.29, 0.717) is 39.4 Å². The van der Waals surface area contributed by atoms with Gasteiger partial charge < -0.3 is 20.5 Å². The van der Waals surface area contributed by atoms with Crippen molar-refractivity contribution < 1.29 is 32.6 Å². The van der Waals surface area contributed by atoms with Gasteiger partial charge >= 0.3 is 6.18 Å². The number of benzene rings is 3. The molecule has 3 N–H and O–H groups in total. The zero-order valence-electron chi connectivity index (χ0n) is 19.7. The largest absolute Gasteiger partial charge is 0.497 e. The molecule has 1 aliphatic heterocycles. The van der Waals surface area contributed by atoms with Crippen LogP contribution in [0, 0.1) is 0 Å². The van der Waals surface area contributed by atoms with Crippen molar-refractivity contribution in [1.29, 1.82) is 0 Å². The number of halogens is 3. The van der Waals surface area contributed by atoms with Gasteiger partial charge in [-0.1, -0.05) is 42.5 Å². The first-order chi connectivity index (χ1) is 17.7. The molecule has 0 saturated carbocycles. The van der Waals surface area contributed by atoms with Crippen molar-refractivity contribution in [3.63, 3.8) is 0 Å². The Kier molecular flexibility index (Phi) is 7.45. The zero-order chi connectivity index (χ0) is 26.6. The standard InChI is InChI=1S/C28H23F3N2O4/c1-37-20-6-2-5-18(15-20)21(17-11-13-19(14-12-17)28(29,30)31)7-3-10-26(35)32-23-8-4-9-24-22(23)16-25(34)27(36)33-24/h2-15,25,34H,16H2,1H3,(H,32,35)(H,33,36). The summed E-state index contributed by atoms with van der Waals surface area (Å²) < 4.78 is 44.4. The Hall–Kier alpha value is -4.37. The number of aliphatic hydroxyl groups excluding tert-OH is 1. The average molecular weight is 508 g/mol. The van der Waals surface area contributed by atoms with Crippen molar-refractivity contribution in [2.24, 2.45) is 0 Å². The van der Waals surface area contributed by atoms with Gasteiger partial charge in [-0.3, -0.25) is 9.59 Å². The summed E-state index contributed by atoms with van der Waals surface area (Å²) in [5.41, 5.74) is 2.60. The highest BCUT2D eigenvalue weighted by atomic mass is 19.4. The number of carbonyl (C=O) groups excluding carboxylic acids is 2. The Morgan fingerprint density at radius 3 is 2.51 bits per heavy atom. The highest BCUT2D eigenvalue weighted by Gasteiger charge is 2.30. The van der Waals surface area contributed by atoms with Gasteiger partial charge in [0.15, 0.2) is 0 Å². The van der Waals surface area contributed by atoms with Crippen molar-refractivity contribution in [2.45, 2.75) is 18.7 Å². The second-order valence-corrected chi connectivity index (χ2v) is 8.28. The summed E-state index contributed by atoms with van der Waals surface area (Å²) in [5.74, 6) is -0.400. The van der Waals surface area contributed by atoms with Gasteiger partial charge in [-0.15, -0.1) is 0 Å². The molecule has 1 heterocycles. The molecule has 190 valence electrons. The molecule has 6 nitrogen and oxygen atoms in total. The van der Waals surface area contributed by atoms with Crippen LogP contribution in [0.25, 0.3) is 5.57 Å².